The number of cyclic esters (lactones) is 1. The Bertz CT molecular complexity index is 522. The first-order valence-electron chi connectivity index (χ1n) is 6.30. The van der Waals surface area contributed by atoms with Gasteiger partial charge in [-0.3, -0.25) is 0 Å². The molecule has 0 radical (unpaired) electrons. The summed E-state index contributed by atoms with van der Waals surface area (Å²) in [5.74, 6) is 1.36. The van der Waals surface area contributed by atoms with Gasteiger partial charge in [0.1, 0.15) is 6.10 Å². The maximum Gasteiger partial charge on any atom is 0.334 e. The second-order valence-corrected chi connectivity index (χ2v) is 4.55. The minimum Gasteiger partial charge on any atom is -0.493 e. The molecular formula is C15H18O5. The van der Waals surface area contributed by atoms with E-state index in [1.54, 1.807) is 39.5 Å². The quantitative estimate of drug-likeness (QED) is 0.625. The number of benzene rings is 1. The summed E-state index contributed by atoms with van der Waals surface area (Å²) < 4.78 is 20.9. The molecule has 5 heteroatoms. The highest BCUT2D eigenvalue weighted by atomic mass is 16.5. The zero-order valence-corrected chi connectivity index (χ0v) is 12.1. The minimum atomic E-state index is -0.272. The zero-order valence-electron chi connectivity index (χ0n) is 12.1. The highest BCUT2D eigenvalue weighted by Crippen LogP contribution is 2.39. The summed E-state index contributed by atoms with van der Waals surface area (Å²) >= 11 is 0. The van der Waals surface area contributed by atoms with Crippen LogP contribution in [-0.4, -0.2) is 33.4 Å². The van der Waals surface area contributed by atoms with Crippen molar-refractivity contribution in [3.63, 3.8) is 0 Å². The Morgan fingerprint density at radius 1 is 1.15 bits per heavy atom. The molecule has 0 N–H and O–H groups in total. The molecule has 2 rings (SSSR count). The Kier molecular flexibility index (Phi) is 4.17. The van der Waals surface area contributed by atoms with Crippen LogP contribution < -0.4 is 14.2 Å². The van der Waals surface area contributed by atoms with Crippen LogP contribution in [0.4, 0.5) is 0 Å². The molecule has 1 aromatic carbocycles. The molecule has 1 aliphatic rings. The molecule has 1 saturated heterocycles. The molecule has 5 nitrogen and oxygen atoms in total. The van der Waals surface area contributed by atoms with E-state index in [9.17, 15) is 4.79 Å². The average Bonchev–Trinajstić information content (AvgIpc) is 2.75. The maximum atomic E-state index is 11.6. The summed E-state index contributed by atoms with van der Waals surface area (Å²) in [5.41, 5.74) is 1.45. The van der Waals surface area contributed by atoms with Crippen molar-refractivity contribution >= 4 is 12.0 Å². The van der Waals surface area contributed by atoms with E-state index in [0.717, 1.165) is 5.56 Å². The second kappa shape index (κ2) is 5.86. The van der Waals surface area contributed by atoms with Crippen LogP contribution in [0.5, 0.6) is 17.2 Å². The van der Waals surface area contributed by atoms with Gasteiger partial charge in [-0.25, -0.2) is 4.79 Å². The van der Waals surface area contributed by atoms with Gasteiger partial charge in [-0.15, -0.1) is 0 Å². The smallest absolute Gasteiger partial charge is 0.334 e. The number of ether oxygens (including phenoxy) is 4. The lowest BCUT2D eigenvalue weighted by molar-refractivity contribution is -0.138. The standard InChI is InChI=1S/C15H18O5/c1-9-5-11(15(16)20-9)6-10-7-12(17-2)14(19-4)13(8-10)18-3/h6-9H,5H2,1-4H3/b11-6-. The summed E-state index contributed by atoms with van der Waals surface area (Å²) in [5, 5.41) is 0. The molecule has 0 bridgehead atoms. The van der Waals surface area contributed by atoms with Crippen molar-refractivity contribution in [1.29, 1.82) is 0 Å². The van der Waals surface area contributed by atoms with Crippen molar-refractivity contribution in [2.45, 2.75) is 19.4 Å². The first kappa shape index (κ1) is 14.2. The highest BCUT2D eigenvalue weighted by Gasteiger charge is 2.25. The molecule has 0 saturated carbocycles. The lowest BCUT2D eigenvalue weighted by Gasteiger charge is -2.13. The van der Waals surface area contributed by atoms with E-state index in [-0.39, 0.29) is 12.1 Å². The molecule has 0 aromatic heterocycles. The molecule has 0 amide bonds. The van der Waals surface area contributed by atoms with Crippen LogP contribution in [0.25, 0.3) is 6.08 Å². The van der Waals surface area contributed by atoms with Gasteiger partial charge in [-0.2, -0.15) is 0 Å². The van der Waals surface area contributed by atoms with Crippen LogP contribution in [-0.2, 0) is 9.53 Å². The summed E-state index contributed by atoms with van der Waals surface area (Å²) in [6.07, 6.45) is 2.32. The van der Waals surface area contributed by atoms with Gasteiger partial charge in [-0.1, -0.05) is 0 Å². The van der Waals surface area contributed by atoms with E-state index in [4.69, 9.17) is 18.9 Å². The lowest BCUT2D eigenvalue weighted by Crippen LogP contribution is -1.99. The molecule has 20 heavy (non-hydrogen) atoms. The second-order valence-electron chi connectivity index (χ2n) is 4.55. The number of carbonyl (C=O) groups excluding carboxylic acids is 1. The van der Waals surface area contributed by atoms with Gasteiger partial charge in [0.25, 0.3) is 0 Å². The normalized spacial score (nSPS) is 19.9. The molecule has 1 fully saturated rings. The van der Waals surface area contributed by atoms with Gasteiger partial charge in [0, 0.05) is 12.0 Å². The summed E-state index contributed by atoms with van der Waals surface area (Å²) in [6.45, 7) is 1.87. The molecular weight excluding hydrogens is 260 g/mol. The molecule has 1 aromatic rings. The maximum absolute atomic E-state index is 11.6. The monoisotopic (exact) mass is 278 g/mol. The fourth-order valence-corrected chi connectivity index (χ4v) is 2.20. The van der Waals surface area contributed by atoms with Crippen LogP contribution in [0.1, 0.15) is 18.9 Å². The topological polar surface area (TPSA) is 54.0 Å². The fraction of sp³-hybridized carbons (Fsp3) is 0.400. The Balaban J connectivity index is 2.43. The van der Waals surface area contributed by atoms with Gasteiger partial charge in [-0.05, 0) is 30.7 Å². The van der Waals surface area contributed by atoms with Gasteiger partial charge in [0.15, 0.2) is 11.5 Å². The molecule has 1 unspecified atom stereocenters. The minimum absolute atomic E-state index is 0.0733. The van der Waals surface area contributed by atoms with E-state index >= 15 is 0 Å². The Morgan fingerprint density at radius 2 is 1.75 bits per heavy atom. The first-order valence-corrected chi connectivity index (χ1v) is 6.30. The molecule has 0 spiro atoms. The number of hydrogen-bond donors (Lipinski definition) is 0. The Hall–Kier alpha value is -2.17. The number of carbonyl (C=O) groups is 1. The molecule has 1 atom stereocenters. The van der Waals surface area contributed by atoms with Crippen molar-refractivity contribution in [3.05, 3.63) is 23.3 Å². The molecule has 108 valence electrons. The zero-order chi connectivity index (χ0) is 14.7. The van der Waals surface area contributed by atoms with Crippen LogP contribution in [0, 0.1) is 0 Å². The number of rotatable bonds is 4. The summed E-state index contributed by atoms with van der Waals surface area (Å²) in [4.78, 5) is 11.6. The third-order valence-electron chi connectivity index (χ3n) is 3.11. The largest absolute Gasteiger partial charge is 0.493 e. The van der Waals surface area contributed by atoms with Crippen molar-refractivity contribution in [2.24, 2.45) is 0 Å². The van der Waals surface area contributed by atoms with Crippen molar-refractivity contribution in [3.8, 4) is 17.2 Å². The van der Waals surface area contributed by atoms with E-state index < -0.39 is 0 Å². The predicted molar refractivity (Wildman–Crippen MR) is 74.2 cm³/mol. The molecule has 0 aliphatic carbocycles. The van der Waals surface area contributed by atoms with E-state index in [2.05, 4.69) is 0 Å². The summed E-state index contributed by atoms with van der Waals surface area (Å²) in [6, 6.07) is 3.59. The van der Waals surface area contributed by atoms with Gasteiger partial charge in [0.2, 0.25) is 5.75 Å². The number of hydrogen-bond acceptors (Lipinski definition) is 5. The average molecular weight is 278 g/mol. The van der Waals surface area contributed by atoms with Crippen LogP contribution in [0.15, 0.2) is 17.7 Å². The van der Waals surface area contributed by atoms with Gasteiger partial charge < -0.3 is 18.9 Å². The highest BCUT2D eigenvalue weighted by molar-refractivity contribution is 5.95. The van der Waals surface area contributed by atoms with Crippen molar-refractivity contribution in [2.75, 3.05) is 21.3 Å². The number of esters is 1. The predicted octanol–water partition coefficient (Wildman–Crippen LogP) is 2.43. The third kappa shape index (κ3) is 2.71. The fourth-order valence-electron chi connectivity index (χ4n) is 2.20. The molecule has 1 heterocycles. The van der Waals surface area contributed by atoms with Crippen LogP contribution >= 0.6 is 0 Å². The van der Waals surface area contributed by atoms with Gasteiger partial charge in [0.05, 0.1) is 21.3 Å². The molecule has 1 aliphatic heterocycles. The SMILES string of the molecule is COc1cc(/C=C2/CC(C)OC2=O)cc(OC)c1OC. The van der Waals surface area contributed by atoms with E-state index in [0.29, 0.717) is 29.2 Å². The summed E-state index contributed by atoms with van der Waals surface area (Å²) in [7, 11) is 4.66. The van der Waals surface area contributed by atoms with Crippen molar-refractivity contribution < 1.29 is 23.7 Å². The number of methoxy groups -OCH3 is 3. The first-order chi connectivity index (χ1) is 9.58. The van der Waals surface area contributed by atoms with Gasteiger partial charge >= 0.3 is 5.97 Å². The Morgan fingerprint density at radius 3 is 2.15 bits per heavy atom. The van der Waals surface area contributed by atoms with E-state index in [1.807, 2.05) is 6.92 Å². The van der Waals surface area contributed by atoms with Crippen molar-refractivity contribution in [1.82, 2.24) is 0 Å². The van der Waals surface area contributed by atoms with Crippen LogP contribution in [0.2, 0.25) is 0 Å². The Labute approximate surface area is 118 Å². The third-order valence-corrected chi connectivity index (χ3v) is 3.11. The van der Waals surface area contributed by atoms with Crippen LogP contribution in [0.3, 0.4) is 0 Å². The van der Waals surface area contributed by atoms with E-state index in [1.165, 1.54) is 0 Å². The lowest BCUT2D eigenvalue weighted by atomic mass is 10.1.